The van der Waals surface area contributed by atoms with Gasteiger partial charge in [0.2, 0.25) is 0 Å². The number of hydrogen-bond acceptors (Lipinski definition) is 2. The molecule has 0 radical (unpaired) electrons. The van der Waals surface area contributed by atoms with Gasteiger partial charge in [0.25, 0.3) is 0 Å². The second-order valence-corrected chi connectivity index (χ2v) is 3.39. The van der Waals surface area contributed by atoms with Crippen LogP contribution in [-0.4, -0.2) is 18.8 Å². The molecule has 2 nitrogen and oxygen atoms in total. The van der Waals surface area contributed by atoms with Crippen LogP contribution in [0.3, 0.4) is 0 Å². The van der Waals surface area contributed by atoms with Crippen molar-refractivity contribution >= 4 is 6.21 Å². The van der Waals surface area contributed by atoms with E-state index in [1.165, 1.54) is 0 Å². The zero-order valence-electron chi connectivity index (χ0n) is 8.16. The Morgan fingerprint density at radius 1 is 1.50 bits per heavy atom. The van der Waals surface area contributed by atoms with Gasteiger partial charge in [-0.05, 0) is 25.3 Å². The number of aliphatic imine (C=N–C) groups is 1. The van der Waals surface area contributed by atoms with Crippen LogP contribution >= 0.6 is 0 Å². The monoisotopic (exact) mass is 168 g/mol. The van der Waals surface area contributed by atoms with E-state index in [9.17, 15) is 0 Å². The molecular formula is C10H20N2. The molecule has 12 heavy (non-hydrogen) atoms. The number of allylic oxidation sites excluding steroid dienone is 1. The average molecular weight is 168 g/mol. The van der Waals surface area contributed by atoms with Gasteiger partial charge in [0, 0.05) is 6.21 Å². The van der Waals surface area contributed by atoms with E-state index in [1.54, 1.807) is 12.3 Å². The Labute approximate surface area is 75.6 Å². The first-order valence-corrected chi connectivity index (χ1v) is 4.55. The molecule has 0 aliphatic carbocycles. The van der Waals surface area contributed by atoms with Crippen LogP contribution in [0.5, 0.6) is 0 Å². The highest BCUT2D eigenvalue weighted by Crippen LogP contribution is 2.10. The Bertz CT molecular complexity index is 139. The summed E-state index contributed by atoms with van der Waals surface area (Å²) in [5, 5.41) is 0. The van der Waals surface area contributed by atoms with Gasteiger partial charge >= 0.3 is 0 Å². The van der Waals surface area contributed by atoms with Crippen LogP contribution in [-0.2, 0) is 0 Å². The summed E-state index contributed by atoms with van der Waals surface area (Å²) in [5.74, 6) is 0.684. The van der Waals surface area contributed by atoms with Crippen molar-refractivity contribution in [2.45, 2.75) is 32.7 Å². The highest BCUT2D eigenvalue weighted by Gasteiger charge is 2.06. The summed E-state index contributed by atoms with van der Waals surface area (Å²) in [6, 6.07) is 0.382. The predicted octanol–water partition coefficient (Wildman–Crippen LogP) is 2.01. The maximum absolute atomic E-state index is 5.48. The van der Waals surface area contributed by atoms with E-state index in [-0.39, 0.29) is 0 Å². The number of rotatable bonds is 6. The average Bonchev–Trinajstić information content (AvgIpc) is 2.00. The lowest BCUT2D eigenvalue weighted by Gasteiger charge is -2.12. The molecule has 1 atom stereocenters. The third kappa shape index (κ3) is 6.10. The Balaban J connectivity index is 3.85. The van der Waals surface area contributed by atoms with E-state index >= 15 is 0 Å². The molecule has 0 spiro atoms. The molecule has 0 bridgehead atoms. The third-order valence-electron chi connectivity index (χ3n) is 1.65. The predicted molar refractivity (Wildman–Crippen MR) is 55.6 cm³/mol. The lowest BCUT2D eigenvalue weighted by Crippen LogP contribution is -2.14. The lowest BCUT2D eigenvalue weighted by atomic mass is 10.0. The van der Waals surface area contributed by atoms with E-state index in [0.717, 1.165) is 12.8 Å². The van der Waals surface area contributed by atoms with Gasteiger partial charge in [0.15, 0.2) is 0 Å². The van der Waals surface area contributed by atoms with Crippen LogP contribution in [0.4, 0.5) is 0 Å². The molecule has 0 saturated heterocycles. The van der Waals surface area contributed by atoms with Crippen molar-refractivity contribution in [1.82, 2.24) is 0 Å². The van der Waals surface area contributed by atoms with Crippen molar-refractivity contribution in [1.29, 1.82) is 0 Å². The molecule has 1 unspecified atom stereocenters. The first kappa shape index (κ1) is 11.4. The molecule has 0 aromatic carbocycles. The smallest absolute Gasteiger partial charge is 0.0514 e. The van der Waals surface area contributed by atoms with Gasteiger partial charge in [-0.15, -0.1) is 0 Å². The normalized spacial score (nSPS) is 14.0. The van der Waals surface area contributed by atoms with Crippen LogP contribution in [0.25, 0.3) is 0 Å². The topological polar surface area (TPSA) is 38.4 Å². The van der Waals surface area contributed by atoms with Crippen molar-refractivity contribution in [3.8, 4) is 0 Å². The second-order valence-electron chi connectivity index (χ2n) is 3.39. The SMILES string of the molecule is C=C/C=N\C(CCN)CC(C)C. The van der Waals surface area contributed by atoms with Crippen molar-refractivity contribution in [2.75, 3.05) is 6.54 Å². The minimum atomic E-state index is 0.382. The Morgan fingerprint density at radius 3 is 2.58 bits per heavy atom. The van der Waals surface area contributed by atoms with Gasteiger partial charge in [0.1, 0.15) is 0 Å². The van der Waals surface area contributed by atoms with E-state index in [2.05, 4.69) is 25.4 Å². The van der Waals surface area contributed by atoms with Gasteiger partial charge in [0.05, 0.1) is 6.04 Å². The molecule has 0 amide bonds. The summed E-state index contributed by atoms with van der Waals surface area (Å²) < 4.78 is 0. The minimum absolute atomic E-state index is 0.382. The largest absolute Gasteiger partial charge is 0.330 e. The minimum Gasteiger partial charge on any atom is -0.330 e. The first-order chi connectivity index (χ1) is 5.70. The third-order valence-corrected chi connectivity index (χ3v) is 1.65. The van der Waals surface area contributed by atoms with Crippen molar-refractivity contribution in [3.63, 3.8) is 0 Å². The van der Waals surface area contributed by atoms with Crippen molar-refractivity contribution < 1.29 is 0 Å². The fourth-order valence-corrected chi connectivity index (χ4v) is 1.17. The Kier molecular flexibility index (Phi) is 6.67. The van der Waals surface area contributed by atoms with Gasteiger partial charge < -0.3 is 5.73 Å². The molecular weight excluding hydrogens is 148 g/mol. The van der Waals surface area contributed by atoms with Gasteiger partial charge in [-0.25, -0.2) is 0 Å². The van der Waals surface area contributed by atoms with E-state index in [0.29, 0.717) is 18.5 Å². The molecule has 0 aliphatic heterocycles. The van der Waals surface area contributed by atoms with Crippen LogP contribution < -0.4 is 5.73 Å². The Hall–Kier alpha value is -0.630. The maximum Gasteiger partial charge on any atom is 0.0514 e. The van der Waals surface area contributed by atoms with Gasteiger partial charge in [-0.1, -0.05) is 26.5 Å². The van der Waals surface area contributed by atoms with E-state index < -0.39 is 0 Å². The molecule has 0 heterocycles. The molecule has 0 aliphatic rings. The molecule has 2 heteroatoms. The Morgan fingerprint density at radius 2 is 2.17 bits per heavy atom. The van der Waals surface area contributed by atoms with Gasteiger partial charge in [-0.2, -0.15) is 0 Å². The summed E-state index contributed by atoms with van der Waals surface area (Å²) in [5.41, 5.74) is 5.48. The standard InChI is InChI=1S/C10H20N2/c1-4-7-12-10(5-6-11)8-9(2)3/h4,7,9-10H,1,5-6,8,11H2,2-3H3/b12-7-. The van der Waals surface area contributed by atoms with E-state index in [4.69, 9.17) is 5.73 Å². The van der Waals surface area contributed by atoms with Crippen LogP contribution in [0, 0.1) is 5.92 Å². The van der Waals surface area contributed by atoms with Crippen molar-refractivity contribution in [3.05, 3.63) is 12.7 Å². The number of hydrogen-bond donors (Lipinski definition) is 1. The summed E-state index contributed by atoms with van der Waals surface area (Å²) in [7, 11) is 0. The van der Waals surface area contributed by atoms with Crippen LogP contribution in [0.1, 0.15) is 26.7 Å². The highest BCUT2D eigenvalue weighted by molar-refractivity contribution is 5.70. The number of nitrogens with zero attached hydrogens (tertiary/aromatic N) is 1. The van der Waals surface area contributed by atoms with Crippen LogP contribution in [0.15, 0.2) is 17.6 Å². The lowest BCUT2D eigenvalue weighted by molar-refractivity contribution is 0.480. The zero-order chi connectivity index (χ0) is 9.40. The summed E-state index contributed by atoms with van der Waals surface area (Å²) in [4.78, 5) is 4.35. The van der Waals surface area contributed by atoms with Crippen LogP contribution in [0.2, 0.25) is 0 Å². The van der Waals surface area contributed by atoms with Gasteiger partial charge in [-0.3, -0.25) is 4.99 Å². The quantitative estimate of drug-likeness (QED) is 0.605. The molecule has 0 saturated carbocycles. The number of nitrogens with two attached hydrogens (primary N) is 1. The summed E-state index contributed by atoms with van der Waals surface area (Å²) in [6.07, 6.45) is 5.57. The first-order valence-electron chi connectivity index (χ1n) is 4.55. The zero-order valence-corrected chi connectivity index (χ0v) is 8.16. The second kappa shape index (κ2) is 7.04. The summed E-state index contributed by atoms with van der Waals surface area (Å²) in [6.45, 7) is 8.71. The fraction of sp³-hybridized carbons (Fsp3) is 0.700. The molecule has 2 N–H and O–H groups in total. The maximum atomic E-state index is 5.48. The molecule has 0 fully saturated rings. The molecule has 70 valence electrons. The fourth-order valence-electron chi connectivity index (χ4n) is 1.17. The van der Waals surface area contributed by atoms with Crippen molar-refractivity contribution in [2.24, 2.45) is 16.6 Å². The molecule has 0 rings (SSSR count). The molecule has 0 aromatic heterocycles. The van der Waals surface area contributed by atoms with E-state index in [1.807, 2.05) is 0 Å². The molecule has 0 aromatic rings. The highest BCUT2D eigenvalue weighted by atomic mass is 14.8. The summed E-state index contributed by atoms with van der Waals surface area (Å²) >= 11 is 0.